The van der Waals surface area contributed by atoms with E-state index in [1.54, 1.807) is 11.3 Å². The van der Waals surface area contributed by atoms with Crippen molar-refractivity contribution in [3.8, 4) is 0 Å². The van der Waals surface area contributed by atoms with Crippen LogP contribution in [0.4, 0.5) is 0 Å². The number of aromatic nitrogens is 3. The van der Waals surface area contributed by atoms with Crippen LogP contribution in [0.25, 0.3) is 0 Å². The first-order valence-electron chi connectivity index (χ1n) is 5.71. The molecule has 2 rings (SSSR count). The van der Waals surface area contributed by atoms with Crippen molar-refractivity contribution in [2.24, 2.45) is 7.05 Å². The minimum absolute atomic E-state index is 0.318. The molecule has 2 aromatic rings. The Kier molecular flexibility index (Phi) is 3.59. The molecule has 0 saturated carbocycles. The van der Waals surface area contributed by atoms with Gasteiger partial charge in [0.05, 0.1) is 17.2 Å². The Bertz CT molecular complexity index is 500. The van der Waals surface area contributed by atoms with Gasteiger partial charge in [0.1, 0.15) is 5.82 Å². The molecule has 5 heteroatoms. The summed E-state index contributed by atoms with van der Waals surface area (Å²) < 4.78 is 2.03. The van der Waals surface area contributed by atoms with Crippen LogP contribution in [0.2, 0.25) is 0 Å². The summed E-state index contributed by atoms with van der Waals surface area (Å²) in [6.07, 6.45) is 3.79. The Morgan fingerprint density at radius 2 is 2.24 bits per heavy atom. The number of nitrogens with one attached hydrogen (secondary N) is 1. The lowest BCUT2D eigenvalue weighted by atomic mass is 10.2. The number of imidazole rings is 1. The van der Waals surface area contributed by atoms with Gasteiger partial charge in [-0.3, -0.25) is 0 Å². The van der Waals surface area contributed by atoms with Crippen molar-refractivity contribution < 1.29 is 0 Å². The molecule has 0 saturated heterocycles. The molecule has 0 aromatic carbocycles. The monoisotopic (exact) mass is 250 g/mol. The normalized spacial score (nSPS) is 12.9. The summed E-state index contributed by atoms with van der Waals surface area (Å²) >= 11 is 1.76. The van der Waals surface area contributed by atoms with E-state index in [1.165, 1.54) is 4.88 Å². The molecule has 0 bridgehead atoms. The molecule has 0 amide bonds. The van der Waals surface area contributed by atoms with Crippen LogP contribution in [-0.4, -0.2) is 14.5 Å². The van der Waals surface area contributed by atoms with E-state index in [-0.39, 0.29) is 0 Å². The average Bonchev–Trinajstić information content (AvgIpc) is 2.81. The quantitative estimate of drug-likeness (QED) is 0.905. The lowest BCUT2D eigenvalue weighted by Crippen LogP contribution is -2.20. The number of aryl methyl sites for hydroxylation is 3. The van der Waals surface area contributed by atoms with Crippen molar-refractivity contribution in [3.63, 3.8) is 0 Å². The largest absolute Gasteiger partial charge is 0.337 e. The van der Waals surface area contributed by atoms with Crippen LogP contribution in [0.3, 0.4) is 0 Å². The summed E-state index contributed by atoms with van der Waals surface area (Å²) in [4.78, 5) is 10.1. The third-order valence-electron chi connectivity index (χ3n) is 2.82. The Hall–Kier alpha value is -1.20. The topological polar surface area (TPSA) is 42.7 Å². The fraction of sp³-hybridized carbons (Fsp3) is 0.500. The average molecular weight is 250 g/mol. The molecule has 2 aromatic heterocycles. The fourth-order valence-corrected chi connectivity index (χ4v) is 2.81. The van der Waals surface area contributed by atoms with E-state index in [4.69, 9.17) is 0 Å². The molecular formula is C12H18N4S. The second-order valence-corrected chi connectivity index (χ2v) is 5.47. The minimum Gasteiger partial charge on any atom is -0.337 e. The third kappa shape index (κ3) is 2.73. The van der Waals surface area contributed by atoms with Gasteiger partial charge < -0.3 is 9.88 Å². The summed E-state index contributed by atoms with van der Waals surface area (Å²) in [6, 6.07) is 0.318. The van der Waals surface area contributed by atoms with Crippen LogP contribution in [0.1, 0.15) is 34.4 Å². The van der Waals surface area contributed by atoms with Crippen molar-refractivity contribution in [2.75, 3.05) is 0 Å². The molecule has 0 aliphatic heterocycles. The van der Waals surface area contributed by atoms with Crippen molar-refractivity contribution in [3.05, 3.63) is 33.8 Å². The Morgan fingerprint density at radius 1 is 1.47 bits per heavy atom. The standard InChI is InChI=1S/C12H18N4S/c1-8(12-9(2)15-10(3)17-12)14-7-11-13-5-6-16(11)4/h5-6,8,14H,7H2,1-4H3. The minimum atomic E-state index is 0.318. The molecule has 1 unspecified atom stereocenters. The van der Waals surface area contributed by atoms with E-state index in [2.05, 4.69) is 29.1 Å². The van der Waals surface area contributed by atoms with Crippen LogP contribution < -0.4 is 5.32 Å². The Labute approximate surface area is 106 Å². The molecule has 1 N–H and O–H groups in total. The summed E-state index contributed by atoms with van der Waals surface area (Å²) in [6.45, 7) is 7.06. The lowest BCUT2D eigenvalue weighted by Gasteiger charge is -2.12. The zero-order valence-corrected chi connectivity index (χ0v) is 11.5. The van der Waals surface area contributed by atoms with E-state index in [9.17, 15) is 0 Å². The van der Waals surface area contributed by atoms with Gasteiger partial charge >= 0.3 is 0 Å². The number of hydrogen-bond acceptors (Lipinski definition) is 4. The Morgan fingerprint density at radius 3 is 2.76 bits per heavy atom. The van der Waals surface area contributed by atoms with E-state index in [1.807, 2.05) is 30.9 Å². The third-order valence-corrected chi connectivity index (χ3v) is 4.08. The fourth-order valence-electron chi connectivity index (χ4n) is 1.85. The van der Waals surface area contributed by atoms with Crippen LogP contribution >= 0.6 is 11.3 Å². The molecule has 0 fully saturated rings. The highest BCUT2D eigenvalue weighted by molar-refractivity contribution is 7.11. The zero-order valence-electron chi connectivity index (χ0n) is 10.7. The zero-order chi connectivity index (χ0) is 12.4. The van der Waals surface area contributed by atoms with E-state index in [0.717, 1.165) is 23.1 Å². The van der Waals surface area contributed by atoms with Gasteiger partial charge in [0.15, 0.2) is 0 Å². The van der Waals surface area contributed by atoms with Crippen molar-refractivity contribution in [1.82, 2.24) is 19.9 Å². The van der Waals surface area contributed by atoms with Gasteiger partial charge in [0, 0.05) is 30.4 Å². The van der Waals surface area contributed by atoms with Gasteiger partial charge in [-0.2, -0.15) is 0 Å². The predicted molar refractivity (Wildman–Crippen MR) is 70.1 cm³/mol. The van der Waals surface area contributed by atoms with Crippen LogP contribution in [0, 0.1) is 13.8 Å². The Balaban J connectivity index is 2.00. The summed E-state index contributed by atoms with van der Waals surface area (Å²) in [5.74, 6) is 1.05. The smallest absolute Gasteiger partial charge is 0.122 e. The highest BCUT2D eigenvalue weighted by atomic mass is 32.1. The van der Waals surface area contributed by atoms with Crippen LogP contribution in [0.5, 0.6) is 0 Å². The highest BCUT2D eigenvalue weighted by Gasteiger charge is 2.12. The van der Waals surface area contributed by atoms with E-state index >= 15 is 0 Å². The molecule has 92 valence electrons. The molecule has 17 heavy (non-hydrogen) atoms. The predicted octanol–water partition coefficient (Wildman–Crippen LogP) is 2.34. The first-order valence-corrected chi connectivity index (χ1v) is 6.53. The maximum Gasteiger partial charge on any atom is 0.122 e. The van der Waals surface area contributed by atoms with Gasteiger partial charge in [0.25, 0.3) is 0 Å². The number of hydrogen-bond donors (Lipinski definition) is 1. The van der Waals surface area contributed by atoms with Gasteiger partial charge in [-0.15, -0.1) is 11.3 Å². The molecule has 0 radical (unpaired) electrons. The molecular weight excluding hydrogens is 232 g/mol. The molecule has 0 aliphatic rings. The maximum absolute atomic E-state index is 4.45. The molecule has 0 spiro atoms. The number of rotatable bonds is 4. The number of thiazole rings is 1. The van der Waals surface area contributed by atoms with Gasteiger partial charge in [-0.1, -0.05) is 0 Å². The maximum atomic E-state index is 4.45. The SMILES string of the molecule is Cc1nc(C)c(C(C)NCc2nccn2C)s1. The van der Waals surface area contributed by atoms with Gasteiger partial charge in [0.2, 0.25) is 0 Å². The summed E-state index contributed by atoms with van der Waals surface area (Å²) in [5.41, 5.74) is 1.13. The molecule has 0 aliphatic carbocycles. The second-order valence-electron chi connectivity index (χ2n) is 4.24. The molecule has 4 nitrogen and oxygen atoms in total. The van der Waals surface area contributed by atoms with Crippen molar-refractivity contribution >= 4 is 11.3 Å². The molecule has 2 heterocycles. The summed E-state index contributed by atoms with van der Waals surface area (Å²) in [5, 5.41) is 4.61. The van der Waals surface area contributed by atoms with Crippen molar-refractivity contribution in [1.29, 1.82) is 0 Å². The first kappa shape index (κ1) is 12.3. The van der Waals surface area contributed by atoms with Crippen LogP contribution in [-0.2, 0) is 13.6 Å². The van der Waals surface area contributed by atoms with Crippen LogP contribution in [0.15, 0.2) is 12.4 Å². The van der Waals surface area contributed by atoms with E-state index < -0.39 is 0 Å². The van der Waals surface area contributed by atoms with Gasteiger partial charge in [-0.05, 0) is 20.8 Å². The molecule has 1 atom stereocenters. The second kappa shape index (κ2) is 4.98. The van der Waals surface area contributed by atoms with Gasteiger partial charge in [-0.25, -0.2) is 9.97 Å². The highest BCUT2D eigenvalue weighted by Crippen LogP contribution is 2.24. The van der Waals surface area contributed by atoms with E-state index in [0.29, 0.717) is 6.04 Å². The summed E-state index contributed by atoms with van der Waals surface area (Å²) in [7, 11) is 2.01. The lowest BCUT2D eigenvalue weighted by molar-refractivity contribution is 0.553. The first-order chi connectivity index (χ1) is 8.08. The van der Waals surface area contributed by atoms with Crippen molar-refractivity contribution in [2.45, 2.75) is 33.4 Å². The number of nitrogens with zero attached hydrogens (tertiary/aromatic N) is 3.